The van der Waals surface area contributed by atoms with Gasteiger partial charge in [-0.25, -0.2) is 0 Å². The molecule has 2 N–H and O–H groups in total. The van der Waals surface area contributed by atoms with E-state index in [2.05, 4.69) is 22.1 Å². The number of phenolic OH excluding ortho intramolecular Hbond substituents is 1. The van der Waals surface area contributed by atoms with Gasteiger partial charge in [0.2, 0.25) is 0 Å². The normalized spacial score (nSPS) is 11.2. The molecule has 30 heavy (non-hydrogen) atoms. The average molecular weight is 429 g/mol. The number of hydrogen-bond donors (Lipinski definition) is 2. The Balaban J connectivity index is 1.60. The van der Waals surface area contributed by atoms with E-state index in [4.69, 9.17) is 11.6 Å². The van der Waals surface area contributed by atoms with Crippen molar-refractivity contribution >= 4 is 33.9 Å². The zero-order valence-corrected chi connectivity index (χ0v) is 17.6. The molecule has 0 atom stereocenters. The first-order valence-corrected chi connectivity index (χ1v) is 10.3. The molecule has 0 spiro atoms. The van der Waals surface area contributed by atoms with Crippen molar-refractivity contribution in [2.45, 2.75) is 26.3 Å². The van der Waals surface area contributed by atoms with Crippen LogP contribution in [-0.2, 0) is 6.54 Å². The Morgan fingerprint density at radius 1 is 1.23 bits per heavy atom. The standard InChI is InChI=1S/C22H25ClN4O3/c1-2-12-26(15-16-5-3-6-21(22(16)28)27(29)30)13-4-10-24-19-9-11-25-20-14-17(23)7-8-18(19)20/h3,5-9,11,14,28H,2,4,10,12-13,15H2,1H3,(H,24,25). The van der Waals surface area contributed by atoms with E-state index in [1.54, 1.807) is 18.3 Å². The molecule has 1 heterocycles. The maximum Gasteiger partial charge on any atom is 0.311 e. The molecular weight excluding hydrogens is 404 g/mol. The summed E-state index contributed by atoms with van der Waals surface area (Å²) in [4.78, 5) is 17.1. The number of benzene rings is 2. The highest BCUT2D eigenvalue weighted by Crippen LogP contribution is 2.30. The highest BCUT2D eigenvalue weighted by Gasteiger charge is 2.18. The van der Waals surface area contributed by atoms with Crippen LogP contribution in [0.25, 0.3) is 10.9 Å². The van der Waals surface area contributed by atoms with Crippen LogP contribution in [0.3, 0.4) is 0 Å². The van der Waals surface area contributed by atoms with Crippen molar-refractivity contribution in [2.75, 3.05) is 25.0 Å². The third-order valence-electron chi connectivity index (χ3n) is 4.90. The Labute approximate surface area is 180 Å². The van der Waals surface area contributed by atoms with E-state index in [9.17, 15) is 15.2 Å². The predicted molar refractivity (Wildman–Crippen MR) is 120 cm³/mol. The Hall–Kier alpha value is -2.90. The number of nitrogens with one attached hydrogen (secondary N) is 1. The molecule has 0 saturated heterocycles. The largest absolute Gasteiger partial charge is 0.502 e. The zero-order chi connectivity index (χ0) is 21.5. The quantitative estimate of drug-likeness (QED) is 0.261. The van der Waals surface area contributed by atoms with Gasteiger partial charge in [-0.05, 0) is 43.7 Å². The monoisotopic (exact) mass is 428 g/mol. The molecule has 1 aromatic heterocycles. The molecule has 0 amide bonds. The van der Waals surface area contributed by atoms with Gasteiger partial charge in [0.25, 0.3) is 0 Å². The molecular formula is C22H25ClN4O3. The van der Waals surface area contributed by atoms with Gasteiger partial charge < -0.3 is 10.4 Å². The molecule has 0 saturated carbocycles. The minimum absolute atomic E-state index is 0.247. The summed E-state index contributed by atoms with van der Waals surface area (Å²) in [5.41, 5.74) is 2.18. The predicted octanol–water partition coefficient (Wildman–Crippen LogP) is 5.22. The van der Waals surface area contributed by atoms with Gasteiger partial charge in [0.05, 0.1) is 10.4 Å². The lowest BCUT2D eigenvalue weighted by molar-refractivity contribution is -0.385. The van der Waals surface area contributed by atoms with Gasteiger partial charge in [0.1, 0.15) is 0 Å². The Kier molecular flexibility index (Phi) is 7.43. The number of halogens is 1. The second-order valence-electron chi connectivity index (χ2n) is 7.12. The fraction of sp³-hybridized carbons (Fsp3) is 0.318. The number of pyridine rings is 1. The van der Waals surface area contributed by atoms with Gasteiger partial charge in [0.15, 0.2) is 5.75 Å². The van der Waals surface area contributed by atoms with Crippen LogP contribution in [0.4, 0.5) is 11.4 Å². The van der Waals surface area contributed by atoms with Gasteiger partial charge in [-0.15, -0.1) is 0 Å². The molecule has 0 aliphatic heterocycles. The number of hydrogen-bond acceptors (Lipinski definition) is 6. The second-order valence-corrected chi connectivity index (χ2v) is 7.55. The number of anilines is 1. The average Bonchev–Trinajstić information content (AvgIpc) is 2.72. The topological polar surface area (TPSA) is 91.5 Å². The first kappa shape index (κ1) is 21.8. The molecule has 0 aliphatic carbocycles. The van der Waals surface area contributed by atoms with Gasteiger partial charge in [-0.3, -0.25) is 20.0 Å². The molecule has 0 fully saturated rings. The summed E-state index contributed by atoms with van der Waals surface area (Å²) >= 11 is 6.05. The summed E-state index contributed by atoms with van der Waals surface area (Å²) in [5, 5.41) is 26.4. The molecule has 7 nitrogen and oxygen atoms in total. The highest BCUT2D eigenvalue weighted by atomic mass is 35.5. The summed E-state index contributed by atoms with van der Waals surface area (Å²) in [5.74, 6) is -0.247. The van der Waals surface area contributed by atoms with E-state index < -0.39 is 4.92 Å². The molecule has 3 rings (SSSR count). The number of rotatable bonds is 10. The fourth-order valence-electron chi connectivity index (χ4n) is 3.48. The van der Waals surface area contributed by atoms with E-state index >= 15 is 0 Å². The first-order chi connectivity index (χ1) is 14.5. The van der Waals surface area contributed by atoms with Crippen molar-refractivity contribution in [3.63, 3.8) is 0 Å². The van der Waals surface area contributed by atoms with Crippen LogP contribution < -0.4 is 5.32 Å². The van der Waals surface area contributed by atoms with Gasteiger partial charge in [-0.2, -0.15) is 0 Å². The number of fused-ring (bicyclic) bond motifs is 1. The van der Waals surface area contributed by atoms with Crippen LogP contribution >= 0.6 is 11.6 Å². The first-order valence-electron chi connectivity index (χ1n) is 9.95. The van der Waals surface area contributed by atoms with Crippen molar-refractivity contribution in [1.82, 2.24) is 9.88 Å². The third kappa shape index (κ3) is 5.37. The van der Waals surface area contributed by atoms with Crippen LogP contribution in [0.15, 0.2) is 48.7 Å². The lowest BCUT2D eigenvalue weighted by atomic mass is 10.1. The number of nitro groups is 1. The highest BCUT2D eigenvalue weighted by molar-refractivity contribution is 6.31. The molecule has 0 aliphatic rings. The summed E-state index contributed by atoms with van der Waals surface area (Å²) in [7, 11) is 0. The van der Waals surface area contributed by atoms with Crippen molar-refractivity contribution < 1.29 is 10.0 Å². The molecule has 0 radical (unpaired) electrons. The van der Waals surface area contributed by atoms with E-state index in [1.165, 1.54) is 6.07 Å². The Morgan fingerprint density at radius 3 is 2.83 bits per heavy atom. The minimum Gasteiger partial charge on any atom is -0.502 e. The zero-order valence-electron chi connectivity index (χ0n) is 16.8. The van der Waals surface area contributed by atoms with Crippen molar-refractivity contribution in [2.24, 2.45) is 0 Å². The number of aromatic nitrogens is 1. The maximum atomic E-state index is 11.1. The molecule has 2 aromatic carbocycles. The number of phenols is 1. The summed E-state index contributed by atoms with van der Waals surface area (Å²) in [6.07, 6.45) is 3.60. The number of nitro benzene ring substituents is 1. The van der Waals surface area contributed by atoms with Crippen LogP contribution in [0, 0.1) is 10.1 Å². The fourth-order valence-corrected chi connectivity index (χ4v) is 3.65. The lowest BCUT2D eigenvalue weighted by Gasteiger charge is -2.22. The third-order valence-corrected chi connectivity index (χ3v) is 5.14. The molecule has 3 aromatic rings. The van der Waals surface area contributed by atoms with Crippen LogP contribution in [0.2, 0.25) is 5.02 Å². The van der Waals surface area contributed by atoms with Crippen LogP contribution in [0.1, 0.15) is 25.3 Å². The van der Waals surface area contributed by atoms with E-state index in [-0.39, 0.29) is 11.4 Å². The van der Waals surface area contributed by atoms with Crippen molar-refractivity contribution in [3.8, 4) is 5.75 Å². The smallest absolute Gasteiger partial charge is 0.311 e. The minimum atomic E-state index is -0.556. The van der Waals surface area contributed by atoms with E-state index in [0.717, 1.165) is 49.1 Å². The molecule has 0 bridgehead atoms. The summed E-state index contributed by atoms with van der Waals surface area (Å²) in [6, 6.07) is 12.3. The summed E-state index contributed by atoms with van der Waals surface area (Å²) < 4.78 is 0. The Morgan fingerprint density at radius 2 is 2.07 bits per heavy atom. The number of para-hydroxylation sites is 1. The van der Waals surface area contributed by atoms with Crippen LogP contribution in [0.5, 0.6) is 5.75 Å². The SMILES string of the molecule is CCCN(CCCNc1ccnc2cc(Cl)ccc12)Cc1cccc([N+](=O)[O-])c1O. The summed E-state index contributed by atoms with van der Waals surface area (Å²) in [6.45, 7) is 4.98. The number of aromatic hydroxyl groups is 1. The van der Waals surface area contributed by atoms with Gasteiger partial charge in [-0.1, -0.05) is 30.7 Å². The lowest BCUT2D eigenvalue weighted by Crippen LogP contribution is -2.26. The van der Waals surface area contributed by atoms with Gasteiger partial charge >= 0.3 is 5.69 Å². The second kappa shape index (κ2) is 10.2. The van der Waals surface area contributed by atoms with Crippen molar-refractivity contribution in [3.05, 3.63) is 69.4 Å². The molecule has 158 valence electrons. The van der Waals surface area contributed by atoms with E-state index in [1.807, 2.05) is 24.3 Å². The molecule has 0 unspecified atom stereocenters. The molecule has 8 heteroatoms. The number of nitrogens with zero attached hydrogens (tertiary/aromatic N) is 3. The Bertz CT molecular complexity index is 1030. The van der Waals surface area contributed by atoms with Crippen molar-refractivity contribution in [1.29, 1.82) is 0 Å². The maximum absolute atomic E-state index is 11.1. The van der Waals surface area contributed by atoms with Crippen LogP contribution in [-0.4, -0.2) is 39.5 Å². The van der Waals surface area contributed by atoms with Gasteiger partial charge in [0, 0.05) is 53.6 Å². The van der Waals surface area contributed by atoms with E-state index in [0.29, 0.717) is 17.1 Å².